The van der Waals surface area contributed by atoms with Gasteiger partial charge in [-0.1, -0.05) is 31.2 Å². The molecule has 0 unspecified atom stereocenters. The summed E-state index contributed by atoms with van der Waals surface area (Å²) in [6, 6.07) is 7.88. The summed E-state index contributed by atoms with van der Waals surface area (Å²) in [5, 5.41) is 0.729. The fraction of sp³-hybridized carbons (Fsp3) is 0.333. The first-order chi connectivity index (χ1) is 5.58. The van der Waals surface area contributed by atoms with Gasteiger partial charge in [0.15, 0.2) is 0 Å². The Bertz CT molecular complexity index is 271. The van der Waals surface area contributed by atoms with Crippen LogP contribution in [0.1, 0.15) is 12.5 Å². The van der Waals surface area contributed by atoms with Crippen LogP contribution in [-0.2, 0) is 0 Å². The first-order valence-corrected chi connectivity index (χ1v) is 6.19. The van der Waals surface area contributed by atoms with Gasteiger partial charge in [-0.05, 0) is 23.7 Å². The van der Waals surface area contributed by atoms with Crippen LogP contribution in [0.15, 0.2) is 24.3 Å². The number of hydrogen-bond donors (Lipinski definition) is 2. The SMILES string of the molecule is CC[Si](O)(O)c1ccccc1C. The monoisotopic (exact) mass is 182 g/mol. The minimum absolute atomic E-state index is 0.442. The Morgan fingerprint density at radius 2 is 1.83 bits per heavy atom. The van der Waals surface area contributed by atoms with Gasteiger partial charge in [-0.15, -0.1) is 0 Å². The van der Waals surface area contributed by atoms with Gasteiger partial charge in [0, 0.05) is 0 Å². The molecule has 2 N–H and O–H groups in total. The van der Waals surface area contributed by atoms with Gasteiger partial charge in [-0.2, -0.15) is 0 Å². The van der Waals surface area contributed by atoms with Crippen LogP contribution in [0.25, 0.3) is 0 Å². The van der Waals surface area contributed by atoms with E-state index in [1.54, 1.807) is 13.0 Å². The van der Waals surface area contributed by atoms with Crippen molar-refractivity contribution >= 4 is 13.7 Å². The lowest BCUT2D eigenvalue weighted by Crippen LogP contribution is -2.48. The third kappa shape index (κ3) is 1.74. The van der Waals surface area contributed by atoms with Crippen LogP contribution in [0, 0.1) is 6.92 Å². The van der Waals surface area contributed by atoms with Crippen molar-refractivity contribution in [3.63, 3.8) is 0 Å². The van der Waals surface area contributed by atoms with Gasteiger partial charge in [0.05, 0.1) is 0 Å². The molecule has 0 aliphatic heterocycles. The maximum absolute atomic E-state index is 9.67. The van der Waals surface area contributed by atoms with Crippen molar-refractivity contribution in [1.82, 2.24) is 0 Å². The van der Waals surface area contributed by atoms with E-state index < -0.39 is 8.56 Å². The van der Waals surface area contributed by atoms with E-state index in [1.165, 1.54) is 0 Å². The van der Waals surface area contributed by atoms with Crippen molar-refractivity contribution in [3.8, 4) is 0 Å². The third-order valence-corrected chi connectivity index (χ3v) is 4.48. The van der Waals surface area contributed by atoms with Crippen molar-refractivity contribution in [3.05, 3.63) is 29.8 Å². The van der Waals surface area contributed by atoms with Crippen molar-refractivity contribution in [2.45, 2.75) is 19.9 Å². The molecule has 1 aromatic carbocycles. The molecule has 0 bridgehead atoms. The molecule has 0 aromatic heterocycles. The second-order valence-electron chi connectivity index (χ2n) is 2.99. The Hall–Kier alpha value is -0.643. The standard InChI is InChI=1S/C9H14O2Si/c1-3-12(10,11)9-7-5-4-6-8(9)2/h4-7,10-11H,3H2,1-2H3. The van der Waals surface area contributed by atoms with E-state index in [2.05, 4.69) is 0 Å². The largest absolute Gasteiger partial charge is 0.407 e. The fourth-order valence-corrected chi connectivity index (χ4v) is 2.67. The summed E-state index contributed by atoms with van der Waals surface area (Å²) in [4.78, 5) is 19.3. The minimum atomic E-state index is -3.10. The summed E-state index contributed by atoms with van der Waals surface area (Å²) >= 11 is 0. The number of benzene rings is 1. The molecule has 3 heteroatoms. The molecule has 0 fully saturated rings. The minimum Gasteiger partial charge on any atom is -0.407 e. The highest BCUT2D eigenvalue weighted by Gasteiger charge is 2.30. The molecule has 0 saturated heterocycles. The van der Waals surface area contributed by atoms with Gasteiger partial charge in [0.2, 0.25) is 0 Å². The Morgan fingerprint density at radius 1 is 1.25 bits per heavy atom. The number of aryl methyl sites for hydroxylation is 1. The zero-order valence-corrected chi connectivity index (χ0v) is 8.41. The summed E-state index contributed by atoms with van der Waals surface area (Å²) < 4.78 is 0. The first-order valence-electron chi connectivity index (χ1n) is 4.09. The van der Waals surface area contributed by atoms with Gasteiger partial charge >= 0.3 is 8.56 Å². The lowest BCUT2D eigenvalue weighted by Gasteiger charge is -2.17. The van der Waals surface area contributed by atoms with Crippen LogP contribution in [0.5, 0.6) is 0 Å². The average molecular weight is 182 g/mol. The zero-order valence-electron chi connectivity index (χ0n) is 7.41. The Balaban J connectivity index is 3.10. The van der Waals surface area contributed by atoms with Crippen molar-refractivity contribution < 1.29 is 9.59 Å². The van der Waals surface area contributed by atoms with E-state index >= 15 is 0 Å². The molecule has 1 aromatic rings. The van der Waals surface area contributed by atoms with Gasteiger partial charge in [-0.3, -0.25) is 0 Å². The van der Waals surface area contributed by atoms with Crippen molar-refractivity contribution in [1.29, 1.82) is 0 Å². The summed E-state index contributed by atoms with van der Waals surface area (Å²) in [5.41, 5.74) is 0.969. The van der Waals surface area contributed by atoms with Crippen molar-refractivity contribution in [2.75, 3.05) is 0 Å². The number of rotatable bonds is 2. The van der Waals surface area contributed by atoms with Crippen LogP contribution < -0.4 is 5.19 Å². The Kier molecular flexibility index (Phi) is 2.67. The molecule has 0 atom stereocenters. The molecule has 2 nitrogen and oxygen atoms in total. The Labute approximate surface area is 73.7 Å². The second-order valence-corrected chi connectivity index (χ2v) is 5.86. The maximum atomic E-state index is 9.67. The zero-order chi connectivity index (χ0) is 9.19. The summed E-state index contributed by atoms with van der Waals surface area (Å²) in [7, 11) is -3.10. The van der Waals surface area contributed by atoms with Crippen LogP contribution in [0.4, 0.5) is 0 Å². The van der Waals surface area contributed by atoms with Crippen LogP contribution in [0.2, 0.25) is 6.04 Å². The van der Waals surface area contributed by atoms with Crippen LogP contribution in [-0.4, -0.2) is 18.2 Å². The highest BCUT2D eigenvalue weighted by molar-refractivity contribution is 6.79. The molecular formula is C9H14O2Si. The molecule has 12 heavy (non-hydrogen) atoms. The smallest absolute Gasteiger partial charge is 0.367 e. The van der Waals surface area contributed by atoms with E-state index in [1.807, 2.05) is 25.1 Å². The summed E-state index contributed by atoms with van der Waals surface area (Å²) in [6.07, 6.45) is 0. The van der Waals surface area contributed by atoms with Gasteiger partial charge in [0.1, 0.15) is 0 Å². The molecule has 0 radical (unpaired) electrons. The fourth-order valence-electron chi connectivity index (χ4n) is 1.21. The molecule has 0 saturated carbocycles. The summed E-state index contributed by atoms with van der Waals surface area (Å²) in [6.45, 7) is 3.71. The van der Waals surface area contributed by atoms with Crippen molar-refractivity contribution in [2.24, 2.45) is 0 Å². The molecule has 0 amide bonds. The van der Waals surface area contributed by atoms with E-state index in [4.69, 9.17) is 0 Å². The van der Waals surface area contributed by atoms with E-state index in [-0.39, 0.29) is 0 Å². The Morgan fingerprint density at radius 3 is 2.33 bits per heavy atom. The average Bonchev–Trinajstić information content (AvgIpc) is 2.05. The molecule has 0 heterocycles. The number of hydrogen-bond acceptors (Lipinski definition) is 2. The second kappa shape index (κ2) is 3.39. The van der Waals surface area contributed by atoms with Gasteiger partial charge in [0.25, 0.3) is 0 Å². The molecule has 0 aliphatic carbocycles. The molecule has 0 aliphatic rings. The normalized spacial score (nSPS) is 11.7. The topological polar surface area (TPSA) is 40.5 Å². The summed E-state index contributed by atoms with van der Waals surface area (Å²) in [5.74, 6) is 0. The van der Waals surface area contributed by atoms with Crippen LogP contribution in [0.3, 0.4) is 0 Å². The molecule has 66 valence electrons. The third-order valence-electron chi connectivity index (χ3n) is 2.07. The maximum Gasteiger partial charge on any atom is 0.367 e. The predicted octanol–water partition coefficient (Wildman–Crippen LogP) is 0.649. The first kappa shape index (κ1) is 9.44. The van der Waals surface area contributed by atoms with E-state index in [0.717, 1.165) is 10.8 Å². The van der Waals surface area contributed by atoms with Crippen LogP contribution >= 0.6 is 0 Å². The predicted molar refractivity (Wildman–Crippen MR) is 51.5 cm³/mol. The van der Waals surface area contributed by atoms with E-state index in [0.29, 0.717) is 6.04 Å². The quantitative estimate of drug-likeness (QED) is 0.659. The lowest BCUT2D eigenvalue weighted by molar-refractivity contribution is 0.382. The molecular weight excluding hydrogens is 168 g/mol. The van der Waals surface area contributed by atoms with Gasteiger partial charge in [-0.25, -0.2) is 0 Å². The molecule has 1 rings (SSSR count). The molecule has 0 spiro atoms. The highest BCUT2D eigenvalue weighted by Crippen LogP contribution is 2.04. The van der Waals surface area contributed by atoms with E-state index in [9.17, 15) is 9.59 Å². The van der Waals surface area contributed by atoms with Gasteiger partial charge < -0.3 is 9.59 Å². The highest BCUT2D eigenvalue weighted by atomic mass is 28.4. The lowest BCUT2D eigenvalue weighted by atomic mass is 10.2.